The minimum atomic E-state index is -0.305. The van der Waals surface area contributed by atoms with E-state index in [1.54, 1.807) is 0 Å². The number of fused-ring (bicyclic) bond motifs is 2. The first-order valence-corrected chi connectivity index (χ1v) is 8.09. The summed E-state index contributed by atoms with van der Waals surface area (Å²) in [5, 5.41) is 16.0. The third-order valence-corrected chi connectivity index (χ3v) is 5.35. The number of aliphatic hydroxyl groups is 1. The molecule has 3 heterocycles. The Morgan fingerprint density at radius 2 is 2.14 bits per heavy atom. The molecule has 120 valence electrons. The Morgan fingerprint density at radius 3 is 2.81 bits per heavy atom. The van der Waals surface area contributed by atoms with Crippen LogP contribution in [0.2, 0.25) is 0 Å². The van der Waals surface area contributed by atoms with Crippen LogP contribution in [0.1, 0.15) is 33.1 Å². The summed E-state index contributed by atoms with van der Waals surface area (Å²) < 4.78 is 6.10. The lowest BCUT2D eigenvalue weighted by Gasteiger charge is -2.49. The van der Waals surface area contributed by atoms with Gasteiger partial charge in [0.1, 0.15) is 6.23 Å². The van der Waals surface area contributed by atoms with Gasteiger partial charge in [-0.05, 0) is 25.2 Å². The fraction of sp³-hybridized carbons (Fsp3) is 0.933. The fourth-order valence-electron chi connectivity index (χ4n) is 3.91. The lowest BCUT2D eigenvalue weighted by atomic mass is 9.76. The zero-order chi connectivity index (χ0) is 15.1. The molecule has 3 saturated heterocycles. The smallest absolute Gasteiger partial charge is 0.159 e. The SMILES string of the molecule is CC(C)C1CCC2OC3NC(N)C(CO)CC3C(=O)C2N1. The summed E-state index contributed by atoms with van der Waals surface area (Å²) in [5.41, 5.74) is 5.99. The highest BCUT2D eigenvalue weighted by molar-refractivity contribution is 5.88. The number of carbonyl (C=O) groups is 1. The van der Waals surface area contributed by atoms with E-state index in [1.165, 1.54) is 0 Å². The number of hydrogen-bond donors (Lipinski definition) is 4. The second-order valence-electron chi connectivity index (χ2n) is 7.05. The standard InChI is InChI=1S/C15H27N3O3/c1-7(2)10-3-4-11-12(17-10)13(20)9-5-8(6-19)14(16)18-15(9)21-11/h7-12,14-15,17-19H,3-6,16H2,1-2H3. The second kappa shape index (κ2) is 5.93. The molecular formula is C15H27N3O3. The number of piperidine rings is 2. The Bertz CT molecular complexity index is 396. The van der Waals surface area contributed by atoms with Gasteiger partial charge in [0.2, 0.25) is 0 Å². The van der Waals surface area contributed by atoms with Crippen molar-refractivity contribution < 1.29 is 14.6 Å². The van der Waals surface area contributed by atoms with Crippen molar-refractivity contribution in [1.29, 1.82) is 0 Å². The number of nitrogens with two attached hydrogens (primary N) is 1. The van der Waals surface area contributed by atoms with Crippen LogP contribution in [0.4, 0.5) is 0 Å². The maximum Gasteiger partial charge on any atom is 0.159 e. The molecule has 0 aliphatic carbocycles. The highest BCUT2D eigenvalue weighted by Crippen LogP contribution is 2.35. The Kier molecular flexibility index (Phi) is 4.34. The molecule has 3 fully saturated rings. The molecular weight excluding hydrogens is 270 g/mol. The van der Waals surface area contributed by atoms with Crippen molar-refractivity contribution >= 4 is 5.78 Å². The zero-order valence-corrected chi connectivity index (χ0v) is 12.8. The monoisotopic (exact) mass is 297 g/mol. The van der Waals surface area contributed by atoms with E-state index in [9.17, 15) is 9.90 Å². The summed E-state index contributed by atoms with van der Waals surface area (Å²) in [5.74, 6) is 0.445. The molecule has 0 aromatic rings. The number of hydrogen-bond acceptors (Lipinski definition) is 6. The first-order chi connectivity index (χ1) is 10.0. The quantitative estimate of drug-likeness (QED) is 0.552. The molecule has 3 aliphatic heterocycles. The van der Waals surface area contributed by atoms with E-state index in [4.69, 9.17) is 10.5 Å². The van der Waals surface area contributed by atoms with Crippen LogP contribution in [0, 0.1) is 17.8 Å². The molecule has 0 saturated carbocycles. The lowest BCUT2D eigenvalue weighted by Crippen LogP contribution is -2.69. The van der Waals surface area contributed by atoms with Crippen LogP contribution < -0.4 is 16.4 Å². The van der Waals surface area contributed by atoms with Crippen LogP contribution >= 0.6 is 0 Å². The molecule has 0 bridgehead atoms. The van der Waals surface area contributed by atoms with E-state index in [-0.39, 0.29) is 48.8 Å². The van der Waals surface area contributed by atoms with Crippen LogP contribution in [-0.2, 0) is 9.53 Å². The summed E-state index contributed by atoms with van der Waals surface area (Å²) in [6, 6.07) is 0.172. The third kappa shape index (κ3) is 2.75. The van der Waals surface area contributed by atoms with E-state index in [1.807, 2.05) is 0 Å². The van der Waals surface area contributed by atoms with Crippen molar-refractivity contribution in [3.8, 4) is 0 Å². The molecule has 6 nitrogen and oxygen atoms in total. The van der Waals surface area contributed by atoms with Crippen LogP contribution in [0.5, 0.6) is 0 Å². The summed E-state index contributed by atoms with van der Waals surface area (Å²) >= 11 is 0. The Labute approximate surface area is 125 Å². The summed E-state index contributed by atoms with van der Waals surface area (Å²) in [4.78, 5) is 12.8. The summed E-state index contributed by atoms with van der Waals surface area (Å²) in [6.07, 6.45) is 1.89. The van der Waals surface area contributed by atoms with Crippen molar-refractivity contribution in [3.63, 3.8) is 0 Å². The average Bonchev–Trinajstić information content (AvgIpc) is 2.46. The molecule has 0 aromatic heterocycles. The molecule has 0 aromatic carbocycles. The highest BCUT2D eigenvalue weighted by Gasteiger charge is 2.50. The molecule has 6 heteroatoms. The summed E-state index contributed by atoms with van der Waals surface area (Å²) in [6.45, 7) is 4.36. The van der Waals surface area contributed by atoms with Crippen molar-refractivity contribution in [2.75, 3.05) is 6.61 Å². The third-order valence-electron chi connectivity index (χ3n) is 5.35. The van der Waals surface area contributed by atoms with E-state index >= 15 is 0 Å². The largest absolute Gasteiger partial charge is 0.396 e. The van der Waals surface area contributed by atoms with Gasteiger partial charge in [0.25, 0.3) is 0 Å². The van der Waals surface area contributed by atoms with Crippen LogP contribution in [0.15, 0.2) is 0 Å². The van der Waals surface area contributed by atoms with Gasteiger partial charge < -0.3 is 20.9 Å². The predicted octanol–water partition coefficient (Wildman–Crippen LogP) is -0.440. The number of ether oxygens (including phenoxy) is 1. The minimum absolute atomic E-state index is 0.000803. The van der Waals surface area contributed by atoms with Gasteiger partial charge in [0, 0.05) is 18.6 Å². The molecule has 7 unspecified atom stereocenters. The van der Waals surface area contributed by atoms with E-state index < -0.39 is 0 Å². The average molecular weight is 297 g/mol. The molecule has 0 amide bonds. The van der Waals surface area contributed by atoms with Gasteiger partial charge in [0.05, 0.1) is 24.2 Å². The molecule has 0 radical (unpaired) electrons. The fourth-order valence-corrected chi connectivity index (χ4v) is 3.91. The van der Waals surface area contributed by atoms with Gasteiger partial charge in [-0.1, -0.05) is 13.8 Å². The molecule has 21 heavy (non-hydrogen) atoms. The Hall–Kier alpha value is -0.530. The summed E-state index contributed by atoms with van der Waals surface area (Å²) in [7, 11) is 0. The van der Waals surface area contributed by atoms with Gasteiger partial charge in [0.15, 0.2) is 5.78 Å². The van der Waals surface area contributed by atoms with Gasteiger partial charge in [-0.25, -0.2) is 0 Å². The predicted molar refractivity (Wildman–Crippen MR) is 78.2 cm³/mol. The maximum absolute atomic E-state index is 12.8. The first kappa shape index (κ1) is 15.4. The molecule has 5 N–H and O–H groups in total. The molecule has 0 spiro atoms. The first-order valence-electron chi connectivity index (χ1n) is 8.09. The Balaban J connectivity index is 1.74. The maximum atomic E-state index is 12.8. The number of aliphatic hydroxyl groups excluding tert-OH is 1. The van der Waals surface area contributed by atoms with E-state index in [2.05, 4.69) is 24.5 Å². The van der Waals surface area contributed by atoms with Crippen molar-refractivity contribution in [3.05, 3.63) is 0 Å². The zero-order valence-electron chi connectivity index (χ0n) is 12.8. The molecule has 7 atom stereocenters. The van der Waals surface area contributed by atoms with E-state index in [0.29, 0.717) is 18.4 Å². The van der Waals surface area contributed by atoms with Crippen LogP contribution in [0.25, 0.3) is 0 Å². The van der Waals surface area contributed by atoms with Crippen LogP contribution in [0.3, 0.4) is 0 Å². The second-order valence-corrected chi connectivity index (χ2v) is 7.05. The number of nitrogens with one attached hydrogen (secondary N) is 2. The van der Waals surface area contributed by atoms with Gasteiger partial charge in [-0.3, -0.25) is 10.1 Å². The lowest BCUT2D eigenvalue weighted by molar-refractivity contribution is -0.173. The molecule has 3 rings (SSSR count). The van der Waals surface area contributed by atoms with Gasteiger partial charge in [-0.15, -0.1) is 0 Å². The number of ketones is 1. The normalized spacial score (nSPS) is 47.1. The van der Waals surface area contributed by atoms with Crippen molar-refractivity contribution in [2.45, 2.75) is 63.7 Å². The minimum Gasteiger partial charge on any atom is -0.396 e. The van der Waals surface area contributed by atoms with Crippen molar-refractivity contribution in [1.82, 2.24) is 10.6 Å². The van der Waals surface area contributed by atoms with Crippen molar-refractivity contribution in [2.24, 2.45) is 23.5 Å². The van der Waals surface area contributed by atoms with Crippen LogP contribution in [-0.4, -0.2) is 48.1 Å². The number of carbonyl (C=O) groups excluding carboxylic acids is 1. The van der Waals surface area contributed by atoms with E-state index in [0.717, 1.165) is 12.8 Å². The van der Waals surface area contributed by atoms with Gasteiger partial charge >= 0.3 is 0 Å². The number of Topliss-reactive ketones (excluding diaryl/α,β-unsaturated/α-hetero) is 1. The topological polar surface area (TPSA) is 96.6 Å². The highest BCUT2D eigenvalue weighted by atomic mass is 16.5. The van der Waals surface area contributed by atoms with Gasteiger partial charge in [-0.2, -0.15) is 0 Å². The Morgan fingerprint density at radius 1 is 1.38 bits per heavy atom. The number of rotatable bonds is 2. The molecule has 3 aliphatic rings.